The average Bonchev–Trinajstić information content (AvgIpc) is 3.05. The molecule has 1 aliphatic heterocycles. The van der Waals surface area contributed by atoms with E-state index in [4.69, 9.17) is 16.3 Å². The van der Waals surface area contributed by atoms with Crippen LogP contribution >= 0.6 is 11.6 Å². The Kier molecular flexibility index (Phi) is 5.19. The van der Waals surface area contributed by atoms with Crippen LogP contribution < -0.4 is 15.7 Å². The quantitative estimate of drug-likeness (QED) is 0.684. The second kappa shape index (κ2) is 7.79. The largest absolute Gasteiger partial charge is 0.495 e. The lowest BCUT2D eigenvalue weighted by Gasteiger charge is -2.32. The summed E-state index contributed by atoms with van der Waals surface area (Å²) >= 11 is 6.12. The molecular formula is C20H22ClN5O3. The third kappa shape index (κ3) is 3.67. The molecule has 3 heterocycles. The molecule has 0 unspecified atom stereocenters. The average molecular weight is 416 g/mol. The number of likely N-dealkylation sites (tertiary alicyclic amines) is 1. The van der Waals surface area contributed by atoms with E-state index in [-0.39, 0.29) is 17.8 Å². The van der Waals surface area contributed by atoms with Crippen molar-refractivity contribution >= 4 is 34.5 Å². The number of imidazole rings is 1. The Labute approximate surface area is 172 Å². The molecule has 0 spiro atoms. The van der Waals surface area contributed by atoms with E-state index in [1.807, 2.05) is 13.0 Å². The second-order valence-corrected chi connectivity index (χ2v) is 7.53. The Hall–Kier alpha value is -3.00. The van der Waals surface area contributed by atoms with E-state index < -0.39 is 0 Å². The van der Waals surface area contributed by atoms with E-state index in [2.05, 4.69) is 15.3 Å². The minimum absolute atomic E-state index is 0.00466. The van der Waals surface area contributed by atoms with Crippen molar-refractivity contribution < 1.29 is 9.53 Å². The van der Waals surface area contributed by atoms with E-state index in [0.717, 1.165) is 11.1 Å². The number of ether oxygens (including phenoxy) is 1. The van der Waals surface area contributed by atoms with E-state index in [0.29, 0.717) is 48.0 Å². The van der Waals surface area contributed by atoms with Crippen LogP contribution in [0.3, 0.4) is 0 Å². The van der Waals surface area contributed by atoms with Crippen LogP contribution in [0.25, 0.3) is 11.2 Å². The van der Waals surface area contributed by atoms with Gasteiger partial charge in [-0.05, 0) is 49.6 Å². The van der Waals surface area contributed by atoms with E-state index in [1.165, 1.54) is 0 Å². The number of piperidine rings is 1. The van der Waals surface area contributed by atoms with Gasteiger partial charge in [0.1, 0.15) is 5.75 Å². The normalized spacial score (nSPS) is 14.9. The number of rotatable bonds is 3. The number of aromatic nitrogens is 3. The lowest BCUT2D eigenvalue weighted by Crippen LogP contribution is -2.42. The van der Waals surface area contributed by atoms with Gasteiger partial charge in [0.15, 0.2) is 5.65 Å². The summed E-state index contributed by atoms with van der Waals surface area (Å²) < 4.78 is 6.85. The van der Waals surface area contributed by atoms with Gasteiger partial charge in [-0.25, -0.2) is 14.6 Å². The summed E-state index contributed by atoms with van der Waals surface area (Å²) in [6, 6.07) is 6.80. The van der Waals surface area contributed by atoms with Crippen LogP contribution in [0.2, 0.25) is 5.02 Å². The fourth-order valence-corrected chi connectivity index (χ4v) is 4.01. The first-order valence-electron chi connectivity index (χ1n) is 9.43. The van der Waals surface area contributed by atoms with Crippen molar-refractivity contribution in [3.05, 3.63) is 51.5 Å². The maximum atomic E-state index is 12.6. The number of pyridine rings is 1. The smallest absolute Gasteiger partial charge is 0.327 e. The first-order chi connectivity index (χ1) is 14.0. The zero-order chi connectivity index (χ0) is 20.5. The van der Waals surface area contributed by atoms with E-state index in [1.54, 1.807) is 41.0 Å². The summed E-state index contributed by atoms with van der Waals surface area (Å²) in [5, 5.41) is 3.30. The highest BCUT2D eigenvalue weighted by Crippen LogP contribution is 2.28. The molecule has 1 aromatic carbocycles. The number of carbonyl (C=O) groups is 1. The molecule has 0 bridgehead atoms. The van der Waals surface area contributed by atoms with Crippen molar-refractivity contribution in [3.8, 4) is 5.75 Å². The van der Waals surface area contributed by atoms with Crippen LogP contribution in [0.4, 0.5) is 10.5 Å². The molecule has 4 rings (SSSR count). The van der Waals surface area contributed by atoms with Crippen molar-refractivity contribution in [1.29, 1.82) is 0 Å². The fraction of sp³-hybridized carbons (Fsp3) is 0.350. The summed E-state index contributed by atoms with van der Waals surface area (Å²) in [4.78, 5) is 34.1. The van der Waals surface area contributed by atoms with E-state index >= 15 is 0 Å². The van der Waals surface area contributed by atoms with Gasteiger partial charge < -0.3 is 19.9 Å². The number of fused-ring (bicyclic) bond motifs is 1. The monoisotopic (exact) mass is 415 g/mol. The van der Waals surface area contributed by atoms with Gasteiger partial charge in [-0.1, -0.05) is 11.6 Å². The molecule has 0 saturated carbocycles. The number of aryl methyl sites for hydroxylation is 1. The molecule has 3 aromatic rings. The number of amides is 2. The predicted octanol–water partition coefficient (Wildman–Crippen LogP) is 3.56. The molecule has 2 aromatic heterocycles. The Morgan fingerprint density at radius 3 is 2.76 bits per heavy atom. The zero-order valence-corrected chi connectivity index (χ0v) is 17.0. The topological polar surface area (TPSA) is 92.2 Å². The number of benzene rings is 1. The number of anilines is 1. The summed E-state index contributed by atoms with van der Waals surface area (Å²) in [5.41, 5.74) is 2.88. The lowest BCUT2D eigenvalue weighted by atomic mass is 10.1. The minimum atomic E-state index is -0.190. The predicted molar refractivity (Wildman–Crippen MR) is 112 cm³/mol. The number of nitrogens with zero attached hydrogens (tertiary/aromatic N) is 3. The Morgan fingerprint density at radius 2 is 2.07 bits per heavy atom. The van der Waals surface area contributed by atoms with Gasteiger partial charge in [0.2, 0.25) is 0 Å². The van der Waals surface area contributed by atoms with Gasteiger partial charge >= 0.3 is 11.7 Å². The number of urea groups is 1. The van der Waals surface area contributed by atoms with Gasteiger partial charge in [-0.2, -0.15) is 0 Å². The van der Waals surface area contributed by atoms with Crippen molar-refractivity contribution in [2.24, 2.45) is 0 Å². The number of hydrogen-bond donors (Lipinski definition) is 2. The molecule has 1 aliphatic rings. The second-order valence-electron chi connectivity index (χ2n) is 7.12. The third-order valence-electron chi connectivity index (χ3n) is 5.34. The van der Waals surface area contributed by atoms with Gasteiger partial charge in [-0.15, -0.1) is 0 Å². The first kappa shape index (κ1) is 19.3. The SMILES string of the molecule is COc1ccc(NC(=O)N2CCC(n3c(=O)[nH]c4c(C)ccnc43)CC2)cc1Cl. The Bertz CT molecular complexity index is 1110. The van der Waals surface area contributed by atoms with Crippen LogP contribution in [0.1, 0.15) is 24.4 Å². The number of methoxy groups -OCH3 is 1. The maximum Gasteiger partial charge on any atom is 0.327 e. The van der Waals surface area contributed by atoms with Crippen LogP contribution in [-0.4, -0.2) is 45.7 Å². The maximum absolute atomic E-state index is 12.6. The molecule has 2 N–H and O–H groups in total. The molecule has 8 nitrogen and oxygen atoms in total. The molecule has 9 heteroatoms. The highest BCUT2D eigenvalue weighted by molar-refractivity contribution is 6.32. The van der Waals surface area contributed by atoms with Crippen molar-refractivity contribution in [2.45, 2.75) is 25.8 Å². The summed E-state index contributed by atoms with van der Waals surface area (Å²) in [5.74, 6) is 0.554. The van der Waals surface area contributed by atoms with Crippen molar-refractivity contribution in [1.82, 2.24) is 19.4 Å². The zero-order valence-electron chi connectivity index (χ0n) is 16.2. The summed E-state index contributed by atoms with van der Waals surface area (Å²) in [6.07, 6.45) is 3.07. The molecule has 1 fully saturated rings. The van der Waals surface area contributed by atoms with Gasteiger partial charge in [0.25, 0.3) is 0 Å². The summed E-state index contributed by atoms with van der Waals surface area (Å²) in [6.45, 7) is 3.04. The molecular weight excluding hydrogens is 394 g/mol. The molecule has 0 radical (unpaired) electrons. The van der Waals surface area contributed by atoms with Crippen molar-refractivity contribution in [2.75, 3.05) is 25.5 Å². The third-order valence-corrected chi connectivity index (χ3v) is 5.63. The molecule has 2 amide bonds. The van der Waals surface area contributed by atoms with Gasteiger partial charge in [0, 0.05) is 31.0 Å². The number of halogens is 1. The number of aromatic amines is 1. The highest BCUT2D eigenvalue weighted by Gasteiger charge is 2.27. The van der Waals surface area contributed by atoms with Crippen LogP contribution in [0, 0.1) is 6.92 Å². The van der Waals surface area contributed by atoms with E-state index in [9.17, 15) is 9.59 Å². The van der Waals surface area contributed by atoms with Gasteiger partial charge in [0.05, 0.1) is 17.6 Å². The molecule has 152 valence electrons. The fourth-order valence-electron chi connectivity index (χ4n) is 3.76. The number of hydrogen-bond acceptors (Lipinski definition) is 4. The number of nitrogens with one attached hydrogen (secondary N) is 2. The minimum Gasteiger partial charge on any atom is -0.495 e. The lowest BCUT2D eigenvalue weighted by molar-refractivity contribution is 0.184. The molecule has 0 aliphatic carbocycles. The highest BCUT2D eigenvalue weighted by atomic mass is 35.5. The van der Waals surface area contributed by atoms with Crippen LogP contribution in [0.15, 0.2) is 35.3 Å². The van der Waals surface area contributed by atoms with Crippen LogP contribution in [-0.2, 0) is 0 Å². The molecule has 0 atom stereocenters. The first-order valence-corrected chi connectivity index (χ1v) is 9.81. The Morgan fingerprint density at radius 1 is 1.31 bits per heavy atom. The van der Waals surface area contributed by atoms with Crippen LogP contribution in [0.5, 0.6) is 5.75 Å². The number of carbonyl (C=O) groups excluding carboxylic acids is 1. The Balaban J connectivity index is 1.44. The van der Waals surface area contributed by atoms with Gasteiger partial charge in [-0.3, -0.25) is 4.57 Å². The molecule has 29 heavy (non-hydrogen) atoms. The molecule has 1 saturated heterocycles. The van der Waals surface area contributed by atoms with Crippen molar-refractivity contribution in [3.63, 3.8) is 0 Å². The summed E-state index contributed by atoms with van der Waals surface area (Å²) in [7, 11) is 1.54. The standard InChI is InChI=1S/C20H22ClN5O3/c1-12-5-8-22-18-17(12)24-20(28)26(18)14-6-9-25(10-7-14)19(27)23-13-3-4-16(29-2)15(21)11-13/h3-5,8,11,14H,6-7,9-10H2,1-2H3,(H,23,27)(H,24,28). The number of H-pyrrole nitrogens is 1.